The van der Waals surface area contributed by atoms with E-state index in [4.69, 9.17) is 0 Å². The first-order valence-electron chi connectivity index (χ1n) is 6.32. The summed E-state index contributed by atoms with van der Waals surface area (Å²) in [7, 11) is 0. The lowest BCUT2D eigenvalue weighted by atomic mass is 9.65. The predicted molar refractivity (Wildman–Crippen MR) is 64.0 cm³/mol. The first-order valence-corrected chi connectivity index (χ1v) is 6.32. The number of alkyl halides is 3. The van der Waals surface area contributed by atoms with E-state index in [0.29, 0.717) is 0 Å². The zero-order chi connectivity index (χ0) is 16.4. The second kappa shape index (κ2) is 6.28. The lowest BCUT2D eigenvalue weighted by Gasteiger charge is -2.38. The number of allylic oxidation sites excluding steroid dienone is 1. The van der Waals surface area contributed by atoms with Gasteiger partial charge in [0.15, 0.2) is 0 Å². The van der Waals surface area contributed by atoms with Crippen LogP contribution in [0.5, 0.6) is 0 Å². The Hall–Kier alpha value is -1.86. The number of hydrogen-bond donors (Lipinski definition) is 0. The largest absolute Gasteiger partial charge is 0.465 e. The van der Waals surface area contributed by atoms with Crippen molar-refractivity contribution in [2.75, 3.05) is 13.2 Å². The molecule has 8 heteroatoms. The van der Waals surface area contributed by atoms with Gasteiger partial charge in [0, 0.05) is 0 Å². The molecule has 0 N–H and O–H groups in total. The maximum Gasteiger partial charge on any atom is 0.413 e. The van der Waals surface area contributed by atoms with Crippen molar-refractivity contribution in [3.8, 4) is 0 Å². The number of esters is 2. The number of Topliss-reactive ketones (excluding diaryl/α,β-unsaturated/α-hetero) is 1. The summed E-state index contributed by atoms with van der Waals surface area (Å²) in [6.45, 7) is 3.61. The molecule has 0 aromatic carbocycles. The molecule has 0 saturated carbocycles. The number of halogens is 3. The van der Waals surface area contributed by atoms with E-state index in [-0.39, 0.29) is 13.2 Å². The van der Waals surface area contributed by atoms with Gasteiger partial charge in [-0.2, -0.15) is 13.2 Å². The summed E-state index contributed by atoms with van der Waals surface area (Å²) in [6, 6.07) is 0. The van der Waals surface area contributed by atoms with Crippen LogP contribution >= 0.6 is 0 Å². The fourth-order valence-corrected chi connectivity index (χ4v) is 2.27. The molecule has 5 nitrogen and oxygen atoms in total. The highest BCUT2D eigenvalue weighted by atomic mass is 19.4. The van der Waals surface area contributed by atoms with Crippen LogP contribution in [0.3, 0.4) is 0 Å². The Labute approximate surface area is 119 Å². The van der Waals surface area contributed by atoms with Gasteiger partial charge in [-0.05, 0) is 20.8 Å². The van der Waals surface area contributed by atoms with Gasteiger partial charge in [-0.1, -0.05) is 0 Å². The first kappa shape index (κ1) is 17.2. The molecule has 118 valence electrons. The second-order valence-corrected chi connectivity index (χ2v) is 4.36. The van der Waals surface area contributed by atoms with Gasteiger partial charge in [-0.3, -0.25) is 9.59 Å². The van der Waals surface area contributed by atoms with Crippen LogP contribution in [0.2, 0.25) is 0 Å². The molecule has 0 aliphatic heterocycles. The summed E-state index contributed by atoms with van der Waals surface area (Å²) in [6.07, 6.45) is -4.89. The normalized spacial score (nSPS) is 21.6. The summed E-state index contributed by atoms with van der Waals surface area (Å²) < 4.78 is 48.2. The Morgan fingerprint density at radius 3 is 1.95 bits per heavy atom. The molecule has 0 saturated heterocycles. The van der Waals surface area contributed by atoms with Gasteiger partial charge in [0.2, 0.25) is 0 Å². The minimum atomic E-state index is -4.89. The minimum Gasteiger partial charge on any atom is -0.465 e. The molecular weight excluding hydrogens is 293 g/mol. The van der Waals surface area contributed by atoms with Gasteiger partial charge in [0.1, 0.15) is 11.7 Å². The van der Waals surface area contributed by atoms with Crippen molar-refractivity contribution in [2.24, 2.45) is 11.8 Å². The SMILES string of the molecule is CCOC(=O)C1=C(C(F)(F)F)[C@H](C(C)=O)[C@H]1C(=O)OCC. The monoisotopic (exact) mass is 308 g/mol. The lowest BCUT2D eigenvalue weighted by Crippen LogP contribution is -2.49. The average molecular weight is 308 g/mol. The van der Waals surface area contributed by atoms with E-state index < -0.39 is 46.9 Å². The maximum atomic E-state index is 13.0. The summed E-state index contributed by atoms with van der Waals surface area (Å²) in [5.74, 6) is -6.41. The van der Waals surface area contributed by atoms with Gasteiger partial charge >= 0.3 is 18.1 Å². The van der Waals surface area contributed by atoms with Gasteiger partial charge in [0.25, 0.3) is 0 Å². The molecule has 0 aromatic heterocycles. The average Bonchev–Trinajstić information content (AvgIpc) is 2.25. The number of carbonyl (C=O) groups is 3. The van der Waals surface area contributed by atoms with Crippen LogP contribution in [-0.2, 0) is 23.9 Å². The fraction of sp³-hybridized carbons (Fsp3) is 0.615. The Bertz CT molecular complexity index is 493. The summed E-state index contributed by atoms with van der Waals surface area (Å²) >= 11 is 0. The van der Waals surface area contributed by atoms with Crippen molar-refractivity contribution in [2.45, 2.75) is 26.9 Å². The van der Waals surface area contributed by atoms with Crippen LogP contribution in [0.4, 0.5) is 13.2 Å². The molecule has 0 aromatic rings. The molecule has 0 heterocycles. The van der Waals surface area contributed by atoms with Gasteiger partial charge in [0.05, 0.1) is 30.3 Å². The van der Waals surface area contributed by atoms with Crippen molar-refractivity contribution < 1.29 is 37.0 Å². The molecule has 0 bridgehead atoms. The van der Waals surface area contributed by atoms with Gasteiger partial charge < -0.3 is 9.47 Å². The molecule has 0 spiro atoms. The van der Waals surface area contributed by atoms with E-state index >= 15 is 0 Å². The third kappa shape index (κ3) is 3.25. The van der Waals surface area contributed by atoms with Gasteiger partial charge in [-0.25, -0.2) is 4.79 Å². The number of carbonyl (C=O) groups excluding carboxylic acids is 3. The van der Waals surface area contributed by atoms with Crippen molar-refractivity contribution in [1.82, 2.24) is 0 Å². The summed E-state index contributed by atoms with van der Waals surface area (Å²) in [5, 5.41) is 0. The number of ether oxygens (including phenoxy) is 2. The summed E-state index contributed by atoms with van der Waals surface area (Å²) in [5.41, 5.74) is -2.14. The zero-order valence-electron chi connectivity index (χ0n) is 11.7. The Morgan fingerprint density at radius 2 is 1.57 bits per heavy atom. The van der Waals surface area contributed by atoms with Crippen LogP contribution in [0.25, 0.3) is 0 Å². The third-order valence-corrected chi connectivity index (χ3v) is 3.02. The van der Waals surface area contributed by atoms with Crippen LogP contribution in [0.15, 0.2) is 11.1 Å². The van der Waals surface area contributed by atoms with Crippen LogP contribution in [0, 0.1) is 11.8 Å². The molecule has 1 rings (SSSR count). The molecule has 0 fully saturated rings. The van der Waals surface area contributed by atoms with Gasteiger partial charge in [-0.15, -0.1) is 0 Å². The summed E-state index contributed by atoms with van der Waals surface area (Å²) in [4.78, 5) is 34.9. The fourth-order valence-electron chi connectivity index (χ4n) is 2.27. The van der Waals surface area contributed by atoms with Crippen LogP contribution in [-0.4, -0.2) is 37.1 Å². The lowest BCUT2D eigenvalue weighted by molar-refractivity contribution is -0.161. The minimum absolute atomic E-state index is 0.0720. The standard InChI is InChI=1S/C13H15F3O5/c1-4-20-11(18)8-7(6(3)17)10(13(14,15)16)9(8)12(19)21-5-2/h7-8H,4-5H2,1-3H3/t7-,8-/m1/s1. The Morgan fingerprint density at radius 1 is 1.05 bits per heavy atom. The van der Waals surface area contributed by atoms with E-state index in [9.17, 15) is 27.6 Å². The molecule has 0 unspecified atom stereocenters. The van der Waals surface area contributed by atoms with E-state index in [1.807, 2.05) is 0 Å². The van der Waals surface area contributed by atoms with E-state index in [1.165, 1.54) is 13.8 Å². The van der Waals surface area contributed by atoms with Crippen molar-refractivity contribution in [3.63, 3.8) is 0 Å². The highest BCUT2D eigenvalue weighted by molar-refractivity contribution is 6.05. The molecule has 1 aliphatic carbocycles. The molecule has 0 radical (unpaired) electrons. The molecular formula is C13H15F3O5. The van der Waals surface area contributed by atoms with Crippen LogP contribution in [0.1, 0.15) is 20.8 Å². The van der Waals surface area contributed by atoms with Crippen molar-refractivity contribution in [1.29, 1.82) is 0 Å². The number of rotatable bonds is 5. The predicted octanol–water partition coefficient (Wildman–Crippen LogP) is 1.81. The van der Waals surface area contributed by atoms with E-state index in [0.717, 1.165) is 6.92 Å². The molecule has 21 heavy (non-hydrogen) atoms. The first-order chi connectivity index (χ1) is 9.66. The topological polar surface area (TPSA) is 69.7 Å². The number of ketones is 1. The Kier molecular flexibility index (Phi) is 5.14. The van der Waals surface area contributed by atoms with E-state index in [2.05, 4.69) is 9.47 Å². The Balaban J connectivity index is 3.34. The highest BCUT2D eigenvalue weighted by Gasteiger charge is 2.60. The smallest absolute Gasteiger partial charge is 0.413 e. The molecule has 1 aliphatic rings. The van der Waals surface area contributed by atoms with Crippen LogP contribution < -0.4 is 0 Å². The number of hydrogen-bond acceptors (Lipinski definition) is 5. The molecule has 2 atom stereocenters. The maximum absolute atomic E-state index is 13.0. The zero-order valence-corrected chi connectivity index (χ0v) is 11.7. The highest BCUT2D eigenvalue weighted by Crippen LogP contribution is 2.50. The van der Waals surface area contributed by atoms with Crippen molar-refractivity contribution >= 4 is 17.7 Å². The van der Waals surface area contributed by atoms with Crippen molar-refractivity contribution in [3.05, 3.63) is 11.1 Å². The third-order valence-electron chi connectivity index (χ3n) is 3.02. The second-order valence-electron chi connectivity index (χ2n) is 4.36. The van der Waals surface area contributed by atoms with E-state index in [1.54, 1.807) is 0 Å². The quantitative estimate of drug-likeness (QED) is 0.724. The molecule has 0 amide bonds.